The zero-order valence-corrected chi connectivity index (χ0v) is 16.9. The van der Waals surface area contributed by atoms with Crippen LogP contribution in [0.5, 0.6) is 0 Å². The van der Waals surface area contributed by atoms with Crippen molar-refractivity contribution in [3.8, 4) is 11.8 Å². The maximum atomic E-state index is 13.2. The van der Waals surface area contributed by atoms with Crippen LogP contribution >= 0.6 is 11.3 Å². The van der Waals surface area contributed by atoms with Gasteiger partial charge in [-0.05, 0) is 54.6 Å². The number of piperidine rings is 1. The number of hydrogen-bond acceptors (Lipinski definition) is 5. The summed E-state index contributed by atoms with van der Waals surface area (Å²) in [4.78, 5) is 20.2. The van der Waals surface area contributed by atoms with Crippen LogP contribution < -0.4 is 16.2 Å². The maximum absolute atomic E-state index is 13.2. The van der Waals surface area contributed by atoms with E-state index in [0.717, 1.165) is 43.8 Å². The summed E-state index contributed by atoms with van der Waals surface area (Å²) in [5, 5.41) is 4.19. The number of rotatable bonds is 5. The van der Waals surface area contributed by atoms with Gasteiger partial charge >= 0.3 is 0 Å². The van der Waals surface area contributed by atoms with Crippen LogP contribution in [0.1, 0.15) is 25.3 Å². The van der Waals surface area contributed by atoms with Gasteiger partial charge in [0.25, 0.3) is 5.56 Å². The minimum atomic E-state index is -0.00862. The van der Waals surface area contributed by atoms with Gasteiger partial charge in [0, 0.05) is 31.9 Å². The molecule has 2 N–H and O–H groups in total. The number of aryl methyl sites for hydroxylation is 2. The number of anilines is 1. The number of pyridine rings is 1. The fraction of sp³-hybridized carbons (Fsp3) is 0.429. The van der Waals surface area contributed by atoms with Crippen molar-refractivity contribution in [1.82, 2.24) is 14.1 Å². The Labute approximate surface area is 168 Å². The second-order valence-electron chi connectivity index (χ2n) is 7.20. The van der Waals surface area contributed by atoms with Gasteiger partial charge in [0.1, 0.15) is 5.52 Å². The SMILES string of the molecule is CC#CCn1c(N2CCCC(N)C2)nc2ccn(CCc3ccsc3)c(=O)c21. The summed E-state index contributed by atoms with van der Waals surface area (Å²) in [6.07, 6.45) is 4.76. The van der Waals surface area contributed by atoms with Crippen molar-refractivity contribution in [3.05, 3.63) is 45.0 Å². The number of nitrogens with zero attached hydrogens (tertiary/aromatic N) is 4. The first-order chi connectivity index (χ1) is 13.7. The topological polar surface area (TPSA) is 69.1 Å². The lowest BCUT2D eigenvalue weighted by atomic mass is 10.1. The van der Waals surface area contributed by atoms with E-state index in [1.54, 1.807) is 15.9 Å². The quantitative estimate of drug-likeness (QED) is 0.674. The van der Waals surface area contributed by atoms with Gasteiger partial charge in [0.2, 0.25) is 5.95 Å². The smallest absolute Gasteiger partial charge is 0.276 e. The predicted octanol–water partition coefficient (Wildman–Crippen LogP) is 2.45. The van der Waals surface area contributed by atoms with Crippen LogP contribution in [-0.2, 0) is 19.5 Å². The van der Waals surface area contributed by atoms with Crippen molar-refractivity contribution < 1.29 is 0 Å². The molecule has 1 saturated heterocycles. The molecule has 0 aliphatic carbocycles. The molecule has 0 bridgehead atoms. The molecular weight excluding hydrogens is 370 g/mol. The highest BCUT2D eigenvalue weighted by Gasteiger charge is 2.23. The fourth-order valence-corrected chi connectivity index (χ4v) is 4.47. The summed E-state index contributed by atoms with van der Waals surface area (Å²) in [6, 6.07) is 4.18. The first-order valence-corrected chi connectivity index (χ1v) is 10.6. The van der Waals surface area contributed by atoms with E-state index in [4.69, 9.17) is 10.7 Å². The molecule has 0 spiro atoms. The maximum Gasteiger partial charge on any atom is 0.276 e. The summed E-state index contributed by atoms with van der Waals surface area (Å²) in [6.45, 7) is 4.59. The monoisotopic (exact) mass is 395 g/mol. The molecule has 4 heterocycles. The second-order valence-corrected chi connectivity index (χ2v) is 7.98. The Kier molecular flexibility index (Phi) is 5.51. The van der Waals surface area contributed by atoms with Gasteiger partial charge in [0.15, 0.2) is 0 Å². The standard InChI is InChI=1S/C21H25N5OS/c1-2-3-10-26-19-18(23-21(26)25-9-4-5-17(22)14-25)7-12-24(20(19)27)11-6-16-8-13-28-15-16/h7-8,12-13,15,17H,4-6,9-11,14,22H2,1H3. The molecule has 1 aliphatic heterocycles. The van der Waals surface area contributed by atoms with E-state index < -0.39 is 0 Å². The summed E-state index contributed by atoms with van der Waals surface area (Å²) in [7, 11) is 0. The van der Waals surface area contributed by atoms with Crippen molar-refractivity contribution in [1.29, 1.82) is 0 Å². The molecule has 7 heteroatoms. The summed E-state index contributed by atoms with van der Waals surface area (Å²) < 4.78 is 3.75. The zero-order valence-electron chi connectivity index (χ0n) is 16.1. The Bertz CT molecular complexity index is 1070. The molecule has 6 nitrogen and oxygen atoms in total. The van der Waals surface area contributed by atoms with Crippen molar-refractivity contribution >= 4 is 28.3 Å². The molecule has 4 rings (SSSR count). The first kappa shape index (κ1) is 18.8. The van der Waals surface area contributed by atoms with E-state index in [0.29, 0.717) is 18.6 Å². The third-order valence-corrected chi connectivity index (χ3v) is 5.96. The number of aromatic nitrogens is 3. The van der Waals surface area contributed by atoms with E-state index in [2.05, 4.69) is 33.6 Å². The lowest BCUT2D eigenvalue weighted by molar-refractivity contribution is 0.496. The highest BCUT2D eigenvalue weighted by Crippen LogP contribution is 2.23. The molecule has 1 atom stereocenters. The molecule has 3 aromatic rings. The zero-order chi connectivity index (χ0) is 19.5. The fourth-order valence-electron chi connectivity index (χ4n) is 3.77. The molecule has 28 heavy (non-hydrogen) atoms. The number of imidazole rings is 1. The van der Waals surface area contributed by atoms with Gasteiger partial charge in [-0.25, -0.2) is 4.98 Å². The first-order valence-electron chi connectivity index (χ1n) is 9.68. The highest BCUT2D eigenvalue weighted by molar-refractivity contribution is 7.07. The average molecular weight is 396 g/mol. The van der Waals surface area contributed by atoms with E-state index in [1.165, 1.54) is 5.56 Å². The van der Waals surface area contributed by atoms with E-state index in [9.17, 15) is 4.79 Å². The number of fused-ring (bicyclic) bond motifs is 1. The third kappa shape index (κ3) is 3.71. The van der Waals surface area contributed by atoms with Crippen molar-refractivity contribution in [2.75, 3.05) is 18.0 Å². The molecule has 0 radical (unpaired) electrons. The average Bonchev–Trinajstić information content (AvgIpc) is 3.34. The number of thiophene rings is 1. The van der Waals surface area contributed by atoms with Gasteiger partial charge in [-0.3, -0.25) is 9.36 Å². The summed E-state index contributed by atoms with van der Waals surface area (Å²) >= 11 is 1.68. The lowest BCUT2D eigenvalue weighted by Crippen LogP contribution is -2.44. The Morgan fingerprint density at radius 3 is 3.04 bits per heavy atom. The van der Waals surface area contributed by atoms with Crippen LogP contribution in [0.3, 0.4) is 0 Å². The molecule has 1 unspecified atom stereocenters. The Morgan fingerprint density at radius 2 is 2.29 bits per heavy atom. The van der Waals surface area contributed by atoms with Gasteiger partial charge in [-0.1, -0.05) is 5.92 Å². The van der Waals surface area contributed by atoms with Crippen LogP contribution in [0.15, 0.2) is 33.9 Å². The van der Waals surface area contributed by atoms with E-state index in [-0.39, 0.29) is 11.6 Å². The molecule has 1 aliphatic rings. The normalized spacial score (nSPS) is 16.9. The number of nitrogens with two attached hydrogens (primary N) is 1. The van der Waals surface area contributed by atoms with Gasteiger partial charge in [-0.15, -0.1) is 5.92 Å². The number of hydrogen-bond donors (Lipinski definition) is 1. The Balaban J connectivity index is 1.74. The Hall–Kier alpha value is -2.56. The molecule has 0 aromatic carbocycles. The van der Waals surface area contributed by atoms with Gasteiger partial charge in [0.05, 0.1) is 12.1 Å². The summed E-state index contributed by atoms with van der Waals surface area (Å²) in [5.74, 6) is 6.85. The van der Waals surface area contributed by atoms with Crippen molar-refractivity contribution in [3.63, 3.8) is 0 Å². The third-order valence-electron chi connectivity index (χ3n) is 5.23. The molecular formula is C21H25N5OS. The predicted molar refractivity (Wildman–Crippen MR) is 115 cm³/mol. The minimum absolute atomic E-state index is 0.00862. The highest BCUT2D eigenvalue weighted by atomic mass is 32.1. The minimum Gasteiger partial charge on any atom is -0.341 e. The Morgan fingerprint density at radius 1 is 1.39 bits per heavy atom. The van der Waals surface area contributed by atoms with Crippen molar-refractivity contribution in [2.45, 2.75) is 45.3 Å². The van der Waals surface area contributed by atoms with Gasteiger partial charge in [-0.2, -0.15) is 11.3 Å². The summed E-state index contributed by atoms with van der Waals surface area (Å²) in [5.41, 5.74) is 8.78. The van der Waals surface area contributed by atoms with Crippen molar-refractivity contribution in [2.24, 2.45) is 5.73 Å². The molecule has 1 fully saturated rings. The van der Waals surface area contributed by atoms with Gasteiger partial charge < -0.3 is 15.2 Å². The van der Waals surface area contributed by atoms with Crippen LogP contribution in [0.2, 0.25) is 0 Å². The van der Waals surface area contributed by atoms with E-state index >= 15 is 0 Å². The van der Waals surface area contributed by atoms with E-state index in [1.807, 2.05) is 23.8 Å². The van der Waals surface area contributed by atoms with Crippen LogP contribution in [0.25, 0.3) is 11.0 Å². The molecule has 3 aromatic heterocycles. The van der Waals surface area contributed by atoms with Crippen LogP contribution in [0, 0.1) is 11.8 Å². The lowest BCUT2D eigenvalue weighted by Gasteiger charge is -2.31. The molecule has 0 saturated carbocycles. The largest absolute Gasteiger partial charge is 0.341 e. The van der Waals surface area contributed by atoms with Crippen LogP contribution in [-0.4, -0.2) is 33.2 Å². The molecule has 146 valence electrons. The van der Waals surface area contributed by atoms with Crippen LogP contribution in [0.4, 0.5) is 5.95 Å². The molecule has 0 amide bonds. The second kappa shape index (κ2) is 8.21.